The molecule has 0 aliphatic heterocycles. The predicted molar refractivity (Wildman–Crippen MR) is 81.7 cm³/mol. The van der Waals surface area contributed by atoms with Gasteiger partial charge in [0.2, 0.25) is 0 Å². The van der Waals surface area contributed by atoms with Crippen molar-refractivity contribution in [3.05, 3.63) is 45.1 Å². The molecular weight excluding hydrogens is 310 g/mol. The average Bonchev–Trinajstić information content (AvgIpc) is 2.79. The second kappa shape index (κ2) is 6.25. The zero-order chi connectivity index (χ0) is 13.0. The second-order valence-electron chi connectivity index (χ2n) is 3.94. The second-order valence-corrected chi connectivity index (χ2v) is 6.43. The lowest BCUT2D eigenvalue weighted by Gasteiger charge is -2.16. The van der Waals surface area contributed by atoms with Crippen LogP contribution < -0.4 is 10.1 Å². The third kappa shape index (κ3) is 3.27. The van der Waals surface area contributed by atoms with Crippen molar-refractivity contribution in [3.63, 3.8) is 0 Å². The number of benzene rings is 1. The van der Waals surface area contributed by atoms with Gasteiger partial charge in [-0.25, -0.2) is 0 Å². The number of halogens is 1. The van der Waals surface area contributed by atoms with Gasteiger partial charge in [-0.3, -0.25) is 0 Å². The number of hydrogen-bond acceptors (Lipinski definition) is 3. The van der Waals surface area contributed by atoms with E-state index in [-0.39, 0.29) is 6.04 Å². The van der Waals surface area contributed by atoms with E-state index >= 15 is 0 Å². The highest BCUT2D eigenvalue weighted by Crippen LogP contribution is 2.32. The fourth-order valence-electron chi connectivity index (χ4n) is 1.73. The molecule has 0 aliphatic rings. The summed E-state index contributed by atoms with van der Waals surface area (Å²) in [7, 11) is 0. The Morgan fingerprint density at radius 2 is 2.06 bits per heavy atom. The van der Waals surface area contributed by atoms with Gasteiger partial charge in [-0.05, 0) is 54.0 Å². The summed E-state index contributed by atoms with van der Waals surface area (Å²) in [5, 5.41) is 3.49. The molecule has 2 nitrogen and oxygen atoms in total. The molecule has 0 radical (unpaired) electrons. The smallest absolute Gasteiger partial charge is 0.142 e. The van der Waals surface area contributed by atoms with Crippen LogP contribution in [0.5, 0.6) is 5.75 Å². The molecule has 1 unspecified atom stereocenters. The van der Waals surface area contributed by atoms with E-state index in [4.69, 9.17) is 4.74 Å². The van der Waals surface area contributed by atoms with Gasteiger partial charge in [-0.15, -0.1) is 11.3 Å². The third-order valence-electron chi connectivity index (χ3n) is 2.58. The minimum atomic E-state index is 0.267. The first-order valence-electron chi connectivity index (χ1n) is 5.94. The van der Waals surface area contributed by atoms with Crippen molar-refractivity contribution in [1.82, 2.24) is 0 Å². The SMILES string of the molecule is CCOc1ccccc1NC(C)c1ccc(Br)s1. The molecule has 1 atom stereocenters. The molecule has 2 rings (SSSR count). The Morgan fingerprint density at radius 3 is 2.72 bits per heavy atom. The highest BCUT2D eigenvalue weighted by Gasteiger charge is 2.10. The molecule has 0 spiro atoms. The molecule has 18 heavy (non-hydrogen) atoms. The van der Waals surface area contributed by atoms with Gasteiger partial charge in [0, 0.05) is 4.88 Å². The summed E-state index contributed by atoms with van der Waals surface area (Å²) in [6.45, 7) is 4.83. The summed E-state index contributed by atoms with van der Waals surface area (Å²) in [5.74, 6) is 0.905. The number of thiophene rings is 1. The molecular formula is C14H16BrNOS. The van der Waals surface area contributed by atoms with Crippen LogP contribution in [0.2, 0.25) is 0 Å². The minimum absolute atomic E-state index is 0.267. The number of nitrogens with one attached hydrogen (secondary N) is 1. The first-order chi connectivity index (χ1) is 8.70. The Labute approximate surface area is 120 Å². The van der Waals surface area contributed by atoms with Crippen molar-refractivity contribution in [1.29, 1.82) is 0 Å². The maximum atomic E-state index is 5.61. The van der Waals surface area contributed by atoms with Crippen molar-refractivity contribution in [2.45, 2.75) is 19.9 Å². The van der Waals surface area contributed by atoms with Crippen LogP contribution in [0.15, 0.2) is 40.2 Å². The van der Waals surface area contributed by atoms with E-state index in [1.807, 2.05) is 31.2 Å². The van der Waals surface area contributed by atoms with Crippen LogP contribution in [0.25, 0.3) is 0 Å². The highest BCUT2D eigenvalue weighted by molar-refractivity contribution is 9.11. The molecule has 2 aromatic rings. The molecule has 0 aliphatic carbocycles. The van der Waals surface area contributed by atoms with Crippen molar-refractivity contribution in [3.8, 4) is 5.75 Å². The van der Waals surface area contributed by atoms with Gasteiger partial charge in [0.05, 0.1) is 22.1 Å². The molecule has 96 valence electrons. The summed E-state index contributed by atoms with van der Waals surface area (Å²) in [4.78, 5) is 1.30. The van der Waals surface area contributed by atoms with E-state index in [1.165, 1.54) is 4.88 Å². The number of hydrogen-bond donors (Lipinski definition) is 1. The largest absolute Gasteiger partial charge is 0.492 e. The van der Waals surface area contributed by atoms with Gasteiger partial charge in [0.25, 0.3) is 0 Å². The van der Waals surface area contributed by atoms with Crippen molar-refractivity contribution in [2.24, 2.45) is 0 Å². The van der Waals surface area contributed by atoms with E-state index in [0.717, 1.165) is 15.2 Å². The molecule has 0 amide bonds. The molecule has 1 heterocycles. The number of rotatable bonds is 5. The first-order valence-corrected chi connectivity index (χ1v) is 7.55. The number of ether oxygens (including phenoxy) is 1. The molecule has 1 aromatic carbocycles. The highest BCUT2D eigenvalue weighted by atomic mass is 79.9. The number of para-hydroxylation sites is 2. The Morgan fingerprint density at radius 1 is 1.28 bits per heavy atom. The van der Waals surface area contributed by atoms with Crippen LogP contribution in [0.4, 0.5) is 5.69 Å². The van der Waals surface area contributed by atoms with Gasteiger partial charge >= 0.3 is 0 Å². The van der Waals surface area contributed by atoms with Gasteiger partial charge in [-0.1, -0.05) is 12.1 Å². The minimum Gasteiger partial charge on any atom is -0.492 e. The quantitative estimate of drug-likeness (QED) is 0.827. The molecule has 0 saturated carbocycles. The fraction of sp³-hybridized carbons (Fsp3) is 0.286. The average molecular weight is 326 g/mol. The van der Waals surface area contributed by atoms with Gasteiger partial charge < -0.3 is 10.1 Å². The van der Waals surface area contributed by atoms with Crippen LogP contribution in [-0.2, 0) is 0 Å². The molecule has 4 heteroatoms. The molecule has 0 bridgehead atoms. The van der Waals surface area contributed by atoms with Crippen LogP contribution in [0.3, 0.4) is 0 Å². The zero-order valence-corrected chi connectivity index (χ0v) is 12.8. The maximum Gasteiger partial charge on any atom is 0.142 e. The van der Waals surface area contributed by atoms with E-state index in [9.17, 15) is 0 Å². The zero-order valence-electron chi connectivity index (χ0n) is 10.4. The Hall–Kier alpha value is -1.000. The Kier molecular flexibility index (Phi) is 4.66. The van der Waals surface area contributed by atoms with E-state index < -0.39 is 0 Å². The molecule has 0 fully saturated rings. The van der Waals surface area contributed by atoms with Gasteiger partial charge in [0.15, 0.2) is 0 Å². The topological polar surface area (TPSA) is 21.3 Å². The van der Waals surface area contributed by atoms with Crippen LogP contribution >= 0.6 is 27.3 Å². The lowest BCUT2D eigenvalue weighted by Crippen LogP contribution is -2.06. The van der Waals surface area contributed by atoms with Crippen molar-refractivity contribution < 1.29 is 4.74 Å². The Bertz CT molecular complexity index is 512. The fourth-order valence-corrected chi connectivity index (χ4v) is 3.16. The van der Waals surface area contributed by atoms with Crippen molar-refractivity contribution in [2.75, 3.05) is 11.9 Å². The summed E-state index contributed by atoms with van der Waals surface area (Å²) < 4.78 is 6.77. The maximum absolute atomic E-state index is 5.61. The lowest BCUT2D eigenvalue weighted by molar-refractivity contribution is 0.341. The van der Waals surface area contributed by atoms with Crippen molar-refractivity contribution >= 4 is 33.0 Å². The molecule has 1 aromatic heterocycles. The summed E-state index contributed by atoms with van der Waals surface area (Å²) in [6.07, 6.45) is 0. The molecule has 1 N–H and O–H groups in total. The van der Waals surface area contributed by atoms with Gasteiger partial charge in [0.1, 0.15) is 5.75 Å². The van der Waals surface area contributed by atoms with Crippen LogP contribution in [0, 0.1) is 0 Å². The number of anilines is 1. The standard InChI is InChI=1S/C14H16BrNOS/c1-3-17-12-7-5-4-6-11(12)16-10(2)13-8-9-14(15)18-13/h4-10,16H,3H2,1-2H3. The molecule has 0 saturated heterocycles. The van der Waals surface area contributed by atoms with E-state index in [2.05, 4.69) is 40.3 Å². The summed E-state index contributed by atoms with van der Waals surface area (Å²) in [6, 6.07) is 12.5. The summed E-state index contributed by atoms with van der Waals surface area (Å²) >= 11 is 5.24. The lowest BCUT2D eigenvalue weighted by atomic mass is 10.2. The normalized spacial score (nSPS) is 12.2. The summed E-state index contributed by atoms with van der Waals surface area (Å²) in [5.41, 5.74) is 1.04. The Balaban J connectivity index is 2.13. The van der Waals surface area contributed by atoms with Crippen LogP contribution in [-0.4, -0.2) is 6.61 Å². The van der Waals surface area contributed by atoms with Crippen LogP contribution in [0.1, 0.15) is 24.8 Å². The third-order valence-corrected chi connectivity index (χ3v) is 4.39. The van der Waals surface area contributed by atoms with Gasteiger partial charge in [-0.2, -0.15) is 0 Å². The monoisotopic (exact) mass is 325 g/mol. The van der Waals surface area contributed by atoms with E-state index in [1.54, 1.807) is 11.3 Å². The first kappa shape index (κ1) is 13.4. The van der Waals surface area contributed by atoms with E-state index in [0.29, 0.717) is 6.61 Å². The predicted octanol–water partition coefficient (Wildman–Crippen LogP) is 5.08.